The summed E-state index contributed by atoms with van der Waals surface area (Å²) < 4.78 is 21.9. The number of benzene rings is 1. The molecule has 1 aliphatic heterocycles. The monoisotopic (exact) mass is 391 g/mol. The molecular weight excluding hydrogens is 365 g/mol. The summed E-state index contributed by atoms with van der Waals surface area (Å²) in [5.74, 6) is 0.568. The van der Waals surface area contributed by atoms with Gasteiger partial charge in [-0.05, 0) is 69.9 Å². The summed E-state index contributed by atoms with van der Waals surface area (Å²) in [6.45, 7) is 2.44. The highest BCUT2D eigenvalue weighted by atomic mass is 35.5. The number of carbonyl (C=O) groups is 1. The SMILES string of the molecule is CC1(F)CCC(CCC(=O)c2cn(C3CCCO3)c3cccc(Cl)c23)CC1. The third-order valence-corrected chi connectivity index (χ3v) is 6.57. The fraction of sp³-hybridized carbons (Fsp3) is 0.591. The number of hydrogen-bond donors (Lipinski definition) is 0. The Labute approximate surface area is 164 Å². The Kier molecular flexibility index (Phi) is 5.30. The summed E-state index contributed by atoms with van der Waals surface area (Å²) in [5.41, 5.74) is 0.629. The average Bonchev–Trinajstić information content (AvgIpc) is 3.28. The van der Waals surface area contributed by atoms with Gasteiger partial charge in [0, 0.05) is 30.2 Å². The predicted octanol–water partition coefficient (Wildman–Crippen LogP) is 6.49. The number of carbonyl (C=O) groups excluding carboxylic acids is 1. The Hall–Kier alpha value is -1.39. The van der Waals surface area contributed by atoms with Crippen LogP contribution in [0.5, 0.6) is 0 Å². The van der Waals surface area contributed by atoms with Crippen LogP contribution in [0.25, 0.3) is 10.9 Å². The molecule has 1 aromatic heterocycles. The van der Waals surface area contributed by atoms with E-state index in [2.05, 4.69) is 4.57 Å². The minimum Gasteiger partial charge on any atom is -0.358 e. The van der Waals surface area contributed by atoms with E-state index in [9.17, 15) is 9.18 Å². The van der Waals surface area contributed by atoms with E-state index in [0.717, 1.165) is 49.6 Å². The van der Waals surface area contributed by atoms with Gasteiger partial charge >= 0.3 is 0 Å². The zero-order chi connectivity index (χ0) is 19.0. The van der Waals surface area contributed by atoms with Gasteiger partial charge in [-0.25, -0.2) is 4.39 Å². The van der Waals surface area contributed by atoms with Crippen molar-refractivity contribution in [2.45, 2.75) is 70.2 Å². The smallest absolute Gasteiger partial charge is 0.165 e. The average molecular weight is 392 g/mol. The number of halogens is 2. The van der Waals surface area contributed by atoms with E-state index in [4.69, 9.17) is 16.3 Å². The second-order valence-electron chi connectivity index (χ2n) is 8.37. The zero-order valence-electron chi connectivity index (χ0n) is 15.8. The third kappa shape index (κ3) is 3.93. The number of hydrogen-bond acceptors (Lipinski definition) is 2. The van der Waals surface area contributed by atoms with Crippen LogP contribution >= 0.6 is 11.6 Å². The van der Waals surface area contributed by atoms with Crippen molar-refractivity contribution in [1.82, 2.24) is 4.57 Å². The fourth-order valence-electron chi connectivity index (χ4n) is 4.54. The van der Waals surface area contributed by atoms with E-state index in [1.54, 1.807) is 6.92 Å². The van der Waals surface area contributed by atoms with Crippen molar-refractivity contribution >= 4 is 28.3 Å². The Morgan fingerprint density at radius 2 is 2.11 bits per heavy atom. The van der Waals surface area contributed by atoms with Crippen LogP contribution in [0, 0.1) is 5.92 Å². The molecular formula is C22H27ClFNO2. The van der Waals surface area contributed by atoms with E-state index in [-0.39, 0.29) is 12.0 Å². The summed E-state index contributed by atoms with van der Waals surface area (Å²) in [5, 5.41) is 1.44. The Morgan fingerprint density at radius 3 is 2.81 bits per heavy atom. The molecule has 1 aliphatic carbocycles. The Balaban J connectivity index is 1.53. The first kappa shape index (κ1) is 18.9. The van der Waals surface area contributed by atoms with Gasteiger partial charge in [-0.15, -0.1) is 0 Å². The Bertz CT molecular complexity index is 828. The lowest BCUT2D eigenvalue weighted by Crippen LogP contribution is -2.26. The van der Waals surface area contributed by atoms with Gasteiger partial charge in [0.05, 0.1) is 10.5 Å². The van der Waals surface area contributed by atoms with Crippen LogP contribution in [0.2, 0.25) is 5.02 Å². The maximum atomic E-state index is 14.0. The number of fused-ring (bicyclic) bond motifs is 1. The molecule has 5 heteroatoms. The predicted molar refractivity (Wildman–Crippen MR) is 106 cm³/mol. The van der Waals surface area contributed by atoms with E-state index in [1.807, 2.05) is 24.4 Å². The molecule has 2 fully saturated rings. The standard InChI is InChI=1S/C22H27ClFNO2/c1-22(24)11-9-15(10-12-22)7-8-19(26)16-14-25(20-6-3-13-27-20)18-5-2-4-17(23)21(16)18/h2,4-5,14-15,20H,3,6-13H2,1H3. The quantitative estimate of drug-likeness (QED) is 0.546. The molecule has 0 N–H and O–H groups in total. The van der Waals surface area contributed by atoms with Gasteiger partial charge in [0.2, 0.25) is 0 Å². The van der Waals surface area contributed by atoms with Crippen molar-refractivity contribution in [3.63, 3.8) is 0 Å². The maximum absolute atomic E-state index is 14.0. The summed E-state index contributed by atoms with van der Waals surface area (Å²) in [7, 11) is 0. The van der Waals surface area contributed by atoms with Crippen molar-refractivity contribution in [3.8, 4) is 0 Å². The molecule has 0 amide bonds. The van der Waals surface area contributed by atoms with Crippen molar-refractivity contribution in [2.24, 2.45) is 5.92 Å². The molecule has 0 bridgehead atoms. The van der Waals surface area contributed by atoms with Crippen LogP contribution in [0.1, 0.15) is 74.9 Å². The second kappa shape index (κ2) is 7.56. The highest BCUT2D eigenvalue weighted by Crippen LogP contribution is 2.38. The lowest BCUT2D eigenvalue weighted by molar-refractivity contribution is 0.0600. The first-order valence-electron chi connectivity index (χ1n) is 10.1. The molecule has 0 spiro atoms. The van der Waals surface area contributed by atoms with E-state index >= 15 is 0 Å². The number of ketones is 1. The summed E-state index contributed by atoms with van der Waals surface area (Å²) in [6, 6.07) is 5.76. The molecule has 4 rings (SSSR count). The van der Waals surface area contributed by atoms with Crippen molar-refractivity contribution in [2.75, 3.05) is 6.61 Å². The summed E-state index contributed by atoms with van der Waals surface area (Å²) >= 11 is 6.46. The highest BCUT2D eigenvalue weighted by molar-refractivity contribution is 6.37. The summed E-state index contributed by atoms with van der Waals surface area (Å²) in [6.07, 6.45) is 8.16. The zero-order valence-corrected chi connectivity index (χ0v) is 16.6. The minimum absolute atomic E-state index is 0.0203. The fourth-order valence-corrected chi connectivity index (χ4v) is 4.81. The molecule has 146 valence electrons. The lowest BCUT2D eigenvalue weighted by Gasteiger charge is -2.30. The molecule has 2 aromatic rings. The number of alkyl halides is 1. The van der Waals surface area contributed by atoms with Gasteiger partial charge in [-0.2, -0.15) is 0 Å². The van der Waals surface area contributed by atoms with Crippen LogP contribution in [0.3, 0.4) is 0 Å². The van der Waals surface area contributed by atoms with Crippen LogP contribution < -0.4 is 0 Å². The number of Topliss-reactive ketones (excluding diaryl/α,β-unsaturated/α-hetero) is 1. The summed E-state index contributed by atoms with van der Waals surface area (Å²) in [4.78, 5) is 13.0. The maximum Gasteiger partial charge on any atom is 0.165 e. The van der Waals surface area contributed by atoms with E-state index < -0.39 is 5.67 Å². The molecule has 3 nitrogen and oxygen atoms in total. The molecule has 1 aromatic carbocycles. The van der Waals surface area contributed by atoms with Gasteiger partial charge < -0.3 is 9.30 Å². The van der Waals surface area contributed by atoms with Crippen molar-refractivity contribution in [1.29, 1.82) is 0 Å². The second-order valence-corrected chi connectivity index (χ2v) is 8.78. The van der Waals surface area contributed by atoms with E-state index in [0.29, 0.717) is 35.8 Å². The number of rotatable bonds is 5. The highest BCUT2D eigenvalue weighted by Gasteiger charge is 2.31. The lowest BCUT2D eigenvalue weighted by atomic mass is 9.79. The molecule has 1 saturated heterocycles. The van der Waals surface area contributed by atoms with Crippen LogP contribution in [-0.2, 0) is 4.74 Å². The van der Waals surface area contributed by atoms with Gasteiger partial charge in [-0.3, -0.25) is 4.79 Å². The molecule has 2 heterocycles. The molecule has 1 saturated carbocycles. The van der Waals surface area contributed by atoms with E-state index in [1.165, 1.54) is 0 Å². The third-order valence-electron chi connectivity index (χ3n) is 6.25. The largest absolute Gasteiger partial charge is 0.358 e. The molecule has 27 heavy (non-hydrogen) atoms. The van der Waals surface area contributed by atoms with Gasteiger partial charge in [0.15, 0.2) is 5.78 Å². The van der Waals surface area contributed by atoms with Crippen molar-refractivity contribution < 1.29 is 13.9 Å². The van der Waals surface area contributed by atoms with Crippen LogP contribution in [0.15, 0.2) is 24.4 Å². The molecule has 2 aliphatic rings. The van der Waals surface area contributed by atoms with Crippen molar-refractivity contribution in [3.05, 3.63) is 35.0 Å². The number of aromatic nitrogens is 1. The van der Waals surface area contributed by atoms with Gasteiger partial charge in [-0.1, -0.05) is 17.7 Å². The normalized spacial score (nSPS) is 28.7. The number of nitrogens with zero attached hydrogens (tertiary/aromatic N) is 1. The van der Waals surface area contributed by atoms with Crippen LogP contribution in [0.4, 0.5) is 4.39 Å². The first-order valence-corrected chi connectivity index (χ1v) is 10.5. The first-order chi connectivity index (χ1) is 12.9. The molecule has 0 radical (unpaired) electrons. The Morgan fingerprint density at radius 1 is 1.33 bits per heavy atom. The van der Waals surface area contributed by atoms with Gasteiger partial charge in [0.25, 0.3) is 0 Å². The van der Waals surface area contributed by atoms with Gasteiger partial charge in [0.1, 0.15) is 11.9 Å². The molecule has 1 atom stereocenters. The number of ether oxygens (including phenoxy) is 1. The van der Waals surface area contributed by atoms with Crippen LogP contribution in [-0.4, -0.2) is 22.6 Å². The molecule has 1 unspecified atom stereocenters. The topological polar surface area (TPSA) is 31.2 Å². The minimum atomic E-state index is -1.03.